The average molecular weight is 232 g/mol. The van der Waals surface area contributed by atoms with Crippen LogP contribution >= 0.6 is 0 Å². The summed E-state index contributed by atoms with van der Waals surface area (Å²) in [6.45, 7) is 4.40. The molecule has 1 atom stereocenters. The molecule has 90 valence electrons. The third-order valence-electron chi connectivity index (χ3n) is 2.26. The van der Waals surface area contributed by atoms with Crippen LogP contribution in [0.2, 0.25) is 0 Å². The van der Waals surface area contributed by atoms with Crippen LogP contribution in [0.1, 0.15) is 25.8 Å². The molecule has 1 amide bonds. The molecule has 1 unspecified atom stereocenters. The Morgan fingerprint density at radius 3 is 3.06 bits per heavy atom. The number of nitriles is 1. The lowest BCUT2D eigenvalue weighted by Crippen LogP contribution is -2.38. The lowest BCUT2D eigenvalue weighted by molar-refractivity contribution is -0.121. The van der Waals surface area contributed by atoms with E-state index in [1.807, 2.05) is 13.0 Å². The van der Waals surface area contributed by atoms with Crippen LogP contribution in [0.5, 0.6) is 0 Å². The second kappa shape index (κ2) is 6.48. The van der Waals surface area contributed by atoms with Gasteiger partial charge in [0.05, 0.1) is 17.4 Å². The fourth-order valence-electron chi connectivity index (χ4n) is 1.31. The number of aromatic nitrogens is 1. The lowest BCUT2D eigenvalue weighted by atomic mass is 10.2. The van der Waals surface area contributed by atoms with Crippen LogP contribution in [0.15, 0.2) is 18.5 Å². The molecule has 17 heavy (non-hydrogen) atoms. The van der Waals surface area contributed by atoms with Gasteiger partial charge in [-0.3, -0.25) is 9.78 Å². The van der Waals surface area contributed by atoms with Gasteiger partial charge < -0.3 is 10.6 Å². The zero-order chi connectivity index (χ0) is 12.7. The van der Waals surface area contributed by atoms with Crippen molar-refractivity contribution in [3.63, 3.8) is 0 Å². The van der Waals surface area contributed by atoms with Gasteiger partial charge in [0.2, 0.25) is 5.91 Å². The topological polar surface area (TPSA) is 77.8 Å². The SMILES string of the molecule is CCCNC(=O)C(C)Nc1cnccc1C#N. The average Bonchev–Trinajstić information content (AvgIpc) is 2.36. The molecule has 0 aliphatic rings. The Morgan fingerprint density at radius 2 is 2.41 bits per heavy atom. The minimum atomic E-state index is -0.391. The minimum Gasteiger partial charge on any atom is -0.372 e. The van der Waals surface area contributed by atoms with Gasteiger partial charge in [0, 0.05) is 12.7 Å². The second-order valence-corrected chi connectivity index (χ2v) is 3.69. The lowest BCUT2D eigenvalue weighted by Gasteiger charge is -2.15. The normalized spacial score (nSPS) is 11.4. The molecule has 0 radical (unpaired) electrons. The van der Waals surface area contributed by atoms with Crippen molar-refractivity contribution in [1.29, 1.82) is 5.26 Å². The van der Waals surface area contributed by atoms with E-state index >= 15 is 0 Å². The number of hydrogen-bond acceptors (Lipinski definition) is 4. The number of rotatable bonds is 5. The van der Waals surface area contributed by atoms with Crippen molar-refractivity contribution in [2.45, 2.75) is 26.3 Å². The summed E-state index contributed by atoms with van der Waals surface area (Å²) in [5.74, 6) is -0.0837. The highest BCUT2D eigenvalue weighted by atomic mass is 16.2. The predicted octanol–water partition coefficient (Wildman–Crippen LogP) is 1.28. The van der Waals surface area contributed by atoms with Gasteiger partial charge in [0.25, 0.3) is 0 Å². The molecule has 1 rings (SSSR count). The fraction of sp³-hybridized carbons (Fsp3) is 0.417. The first-order chi connectivity index (χ1) is 8.19. The molecule has 5 nitrogen and oxygen atoms in total. The summed E-state index contributed by atoms with van der Waals surface area (Å²) in [4.78, 5) is 15.6. The van der Waals surface area contributed by atoms with Crippen molar-refractivity contribution in [3.05, 3.63) is 24.0 Å². The molecule has 0 aliphatic heterocycles. The van der Waals surface area contributed by atoms with Gasteiger partial charge in [-0.25, -0.2) is 0 Å². The maximum absolute atomic E-state index is 11.6. The summed E-state index contributed by atoms with van der Waals surface area (Å²) in [5.41, 5.74) is 1.06. The van der Waals surface area contributed by atoms with E-state index in [4.69, 9.17) is 5.26 Å². The van der Waals surface area contributed by atoms with Gasteiger partial charge >= 0.3 is 0 Å². The minimum absolute atomic E-state index is 0.0837. The Bertz CT molecular complexity index is 425. The highest BCUT2D eigenvalue weighted by molar-refractivity contribution is 5.84. The zero-order valence-electron chi connectivity index (χ0n) is 10.0. The van der Waals surface area contributed by atoms with Crippen LogP contribution in [-0.2, 0) is 4.79 Å². The smallest absolute Gasteiger partial charge is 0.242 e. The number of pyridine rings is 1. The van der Waals surface area contributed by atoms with Crippen molar-refractivity contribution in [2.24, 2.45) is 0 Å². The first-order valence-corrected chi connectivity index (χ1v) is 5.57. The Balaban J connectivity index is 2.65. The maximum Gasteiger partial charge on any atom is 0.242 e. The van der Waals surface area contributed by atoms with Gasteiger partial charge in [-0.05, 0) is 19.4 Å². The number of carbonyl (C=O) groups is 1. The maximum atomic E-state index is 11.6. The van der Waals surface area contributed by atoms with Crippen molar-refractivity contribution in [1.82, 2.24) is 10.3 Å². The summed E-state index contributed by atoms with van der Waals surface area (Å²) >= 11 is 0. The number of amides is 1. The quantitative estimate of drug-likeness (QED) is 0.801. The fourth-order valence-corrected chi connectivity index (χ4v) is 1.31. The summed E-state index contributed by atoms with van der Waals surface area (Å²) in [7, 11) is 0. The number of carbonyl (C=O) groups excluding carboxylic acids is 1. The monoisotopic (exact) mass is 232 g/mol. The molecule has 0 aromatic carbocycles. The summed E-state index contributed by atoms with van der Waals surface area (Å²) in [6.07, 6.45) is 3.99. The van der Waals surface area contributed by atoms with Crippen LogP contribution in [0, 0.1) is 11.3 Å². The van der Waals surface area contributed by atoms with E-state index in [9.17, 15) is 4.79 Å². The van der Waals surface area contributed by atoms with Gasteiger partial charge in [0.1, 0.15) is 12.1 Å². The van der Waals surface area contributed by atoms with Crippen LogP contribution in [0.25, 0.3) is 0 Å². The van der Waals surface area contributed by atoms with E-state index in [0.29, 0.717) is 17.8 Å². The van der Waals surface area contributed by atoms with Crippen molar-refractivity contribution in [2.75, 3.05) is 11.9 Å². The van der Waals surface area contributed by atoms with Crippen LogP contribution in [-0.4, -0.2) is 23.5 Å². The third kappa shape index (κ3) is 3.76. The standard InChI is InChI=1S/C12H16N4O/c1-3-5-15-12(17)9(2)16-11-8-14-6-4-10(11)7-13/h4,6,8-9,16H,3,5H2,1-2H3,(H,15,17). The molecule has 1 heterocycles. The molecule has 0 aliphatic carbocycles. The molecule has 5 heteroatoms. The van der Waals surface area contributed by atoms with Crippen molar-refractivity contribution < 1.29 is 4.79 Å². The molecule has 1 aromatic heterocycles. The highest BCUT2D eigenvalue weighted by Crippen LogP contribution is 2.12. The largest absolute Gasteiger partial charge is 0.372 e. The number of nitrogens with zero attached hydrogens (tertiary/aromatic N) is 2. The summed E-state index contributed by atoms with van der Waals surface area (Å²) < 4.78 is 0. The number of hydrogen-bond donors (Lipinski definition) is 2. The van der Waals surface area contributed by atoms with E-state index in [-0.39, 0.29) is 5.91 Å². The summed E-state index contributed by atoms with van der Waals surface area (Å²) in [5, 5.41) is 14.7. The van der Waals surface area contributed by atoms with Crippen LogP contribution < -0.4 is 10.6 Å². The molecular weight excluding hydrogens is 216 g/mol. The summed E-state index contributed by atoms with van der Waals surface area (Å²) in [6, 6.07) is 3.27. The molecule has 0 saturated heterocycles. The Kier molecular flexibility index (Phi) is 4.95. The first-order valence-electron chi connectivity index (χ1n) is 5.57. The molecule has 0 bridgehead atoms. The zero-order valence-corrected chi connectivity index (χ0v) is 10.0. The van der Waals surface area contributed by atoms with E-state index in [1.165, 1.54) is 0 Å². The van der Waals surface area contributed by atoms with Crippen LogP contribution in [0.3, 0.4) is 0 Å². The van der Waals surface area contributed by atoms with Crippen molar-refractivity contribution in [3.8, 4) is 6.07 Å². The second-order valence-electron chi connectivity index (χ2n) is 3.69. The molecule has 2 N–H and O–H groups in total. The van der Waals surface area contributed by atoms with Crippen molar-refractivity contribution >= 4 is 11.6 Å². The molecular formula is C12H16N4O. The Hall–Kier alpha value is -2.09. The Labute approximate surface area is 101 Å². The van der Waals surface area contributed by atoms with E-state index in [2.05, 4.69) is 15.6 Å². The van der Waals surface area contributed by atoms with E-state index in [1.54, 1.807) is 25.4 Å². The van der Waals surface area contributed by atoms with E-state index in [0.717, 1.165) is 6.42 Å². The Morgan fingerprint density at radius 1 is 1.65 bits per heavy atom. The van der Waals surface area contributed by atoms with Gasteiger partial charge in [0.15, 0.2) is 0 Å². The van der Waals surface area contributed by atoms with Crippen LogP contribution in [0.4, 0.5) is 5.69 Å². The number of anilines is 1. The number of nitrogens with one attached hydrogen (secondary N) is 2. The molecule has 1 aromatic rings. The highest BCUT2D eigenvalue weighted by Gasteiger charge is 2.13. The van der Waals surface area contributed by atoms with Gasteiger partial charge in [-0.2, -0.15) is 5.26 Å². The molecule has 0 spiro atoms. The van der Waals surface area contributed by atoms with E-state index < -0.39 is 6.04 Å². The third-order valence-corrected chi connectivity index (χ3v) is 2.26. The molecule has 0 fully saturated rings. The van der Waals surface area contributed by atoms with Gasteiger partial charge in [-0.15, -0.1) is 0 Å². The van der Waals surface area contributed by atoms with Gasteiger partial charge in [-0.1, -0.05) is 6.92 Å². The predicted molar refractivity (Wildman–Crippen MR) is 65.3 cm³/mol. The first kappa shape index (κ1) is 13.0. The molecule has 0 saturated carbocycles.